The maximum atomic E-state index is 12.8. The maximum Gasteiger partial charge on any atom is 0.274 e. The van der Waals surface area contributed by atoms with E-state index in [9.17, 15) is 9.59 Å². The van der Waals surface area contributed by atoms with Crippen molar-refractivity contribution in [2.45, 2.75) is 26.2 Å². The molecule has 0 bridgehead atoms. The van der Waals surface area contributed by atoms with Gasteiger partial charge in [-0.25, -0.2) is 0 Å². The molecule has 0 radical (unpaired) electrons. The van der Waals surface area contributed by atoms with Crippen LogP contribution in [0, 0.1) is 11.3 Å². The Kier molecular flexibility index (Phi) is 5.93. The van der Waals surface area contributed by atoms with E-state index in [2.05, 4.69) is 36.4 Å². The van der Waals surface area contributed by atoms with Crippen LogP contribution in [0.1, 0.15) is 52.7 Å². The Bertz CT molecular complexity index is 1140. The van der Waals surface area contributed by atoms with Crippen molar-refractivity contribution in [3.63, 3.8) is 0 Å². The molecule has 2 amide bonds. The third-order valence-electron chi connectivity index (χ3n) is 4.53. The van der Waals surface area contributed by atoms with Gasteiger partial charge in [-0.1, -0.05) is 51.1 Å². The van der Waals surface area contributed by atoms with Gasteiger partial charge in [0, 0.05) is 17.4 Å². The maximum absolute atomic E-state index is 12.8. The van der Waals surface area contributed by atoms with Crippen LogP contribution in [0.25, 0.3) is 0 Å². The molecule has 0 unspecified atom stereocenters. The predicted octanol–water partition coefficient (Wildman–Crippen LogP) is 4.76. The Morgan fingerprint density at radius 1 is 0.900 bits per heavy atom. The third-order valence-corrected chi connectivity index (χ3v) is 4.53. The zero-order chi connectivity index (χ0) is 21.7. The van der Waals surface area contributed by atoms with E-state index >= 15 is 0 Å². The summed E-state index contributed by atoms with van der Waals surface area (Å²) in [4.78, 5) is 29.5. The molecule has 6 heteroatoms. The van der Waals surface area contributed by atoms with Crippen LogP contribution >= 0.6 is 0 Å². The first-order chi connectivity index (χ1) is 14.3. The molecular weight excluding hydrogens is 376 g/mol. The number of benzene rings is 2. The number of para-hydroxylation sites is 2. The fourth-order valence-electron chi connectivity index (χ4n) is 3.01. The van der Waals surface area contributed by atoms with Crippen LogP contribution in [0.5, 0.6) is 0 Å². The highest BCUT2D eigenvalue weighted by atomic mass is 16.2. The second-order valence-electron chi connectivity index (χ2n) is 7.79. The zero-order valence-corrected chi connectivity index (χ0v) is 17.1. The molecule has 0 aliphatic rings. The first-order valence-electron chi connectivity index (χ1n) is 9.47. The number of hydrogen-bond acceptors (Lipinski definition) is 4. The van der Waals surface area contributed by atoms with Crippen LogP contribution in [-0.2, 0) is 5.41 Å². The van der Waals surface area contributed by atoms with E-state index in [0.29, 0.717) is 16.8 Å². The fraction of sp³-hybridized carbons (Fsp3) is 0.167. The lowest BCUT2D eigenvalue weighted by Gasteiger charge is -2.23. The van der Waals surface area contributed by atoms with Crippen molar-refractivity contribution in [1.29, 1.82) is 5.26 Å². The Morgan fingerprint density at radius 2 is 1.53 bits per heavy atom. The minimum atomic E-state index is -0.498. The summed E-state index contributed by atoms with van der Waals surface area (Å²) in [7, 11) is 0. The summed E-state index contributed by atoms with van der Waals surface area (Å²) in [5, 5.41) is 14.8. The summed E-state index contributed by atoms with van der Waals surface area (Å²) in [6.07, 6.45) is 1.41. The lowest BCUT2D eigenvalue weighted by molar-refractivity contribution is 0.102. The molecule has 0 saturated carbocycles. The molecule has 0 aliphatic carbocycles. The van der Waals surface area contributed by atoms with Gasteiger partial charge in [-0.05, 0) is 41.3 Å². The second-order valence-corrected chi connectivity index (χ2v) is 7.79. The molecule has 1 aromatic heterocycles. The number of amides is 2. The Balaban J connectivity index is 1.81. The van der Waals surface area contributed by atoms with E-state index in [-0.39, 0.29) is 17.0 Å². The molecular formula is C24H22N4O2. The summed E-state index contributed by atoms with van der Waals surface area (Å²) in [6.45, 7) is 6.23. The summed E-state index contributed by atoms with van der Waals surface area (Å²) >= 11 is 0. The first-order valence-corrected chi connectivity index (χ1v) is 9.47. The average molecular weight is 398 g/mol. The van der Waals surface area contributed by atoms with Gasteiger partial charge in [0.25, 0.3) is 11.8 Å². The molecule has 3 rings (SSSR count). The first kappa shape index (κ1) is 20.7. The number of nitrogens with zero attached hydrogens (tertiary/aromatic N) is 2. The summed E-state index contributed by atoms with van der Waals surface area (Å²) in [5.41, 5.74) is 2.73. The SMILES string of the molecule is CC(C)(C)c1ccccc1NC(=O)c1ccnc(C(=O)Nc2ccccc2C#N)c1. The van der Waals surface area contributed by atoms with Crippen LogP contribution < -0.4 is 10.6 Å². The van der Waals surface area contributed by atoms with Gasteiger partial charge in [0.1, 0.15) is 11.8 Å². The number of carbonyl (C=O) groups excluding carboxylic acids is 2. The summed E-state index contributed by atoms with van der Waals surface area (Å²) in [6, 6.07) is 19.3. The Hall–Kier alpha value is -3.98. The molecule has 150 valence electrons. The number of hydrogen-bond donors (Lipinski definition) is 2. The molecule has 1 heterocycles. The molecule has 0 saturated heterocycles. The van der Waals surface area contributed by atoms with E-state index in [0.717, 1.165) is 11.3 Å². The number of nitrogens with one attached hydrogen (secondary N) is 2. The smallest absolute Gasteiger partial charge is 0.274 e. The molecule has 0 aliphatic heterocycles. The van der Waals surface area contributed by atoms with E-state index in [1.54, 1.807) is 30.3 Å². The summed E-state index contributed by atoms with van der Waals surface area (Å²) in [5.74, 6) is -0.831. The minimum Gasteiger partial charge on any atom is -0.322 e. The van der Waals surface area contributed by atoms with E-state index in [4.69, 9.17) is 5.26 Å². The van der Waals surface area contributed by atoms with Gasteiger partial charge in [0.2, 0.25) is 0 Å². The average Bonchev–Trinajstić information content (AvgIpc) is 2.74. The fourth-order valence-corrected chi connectivity index (χ4v) is 3.01. The third kappa shape index (κ3) is 4.70. The van der Waals surface area contributed by atoms with E-state index < -0.39 is 5.91 Å². The molecule has 6 nitrogen and oxygen atoms in total. The molecule has 0 spiro atoms. The van der Waals surface area contributed by atoms with E-state index in [1.807, 2.05) is 30.3 Å². The lowest BCUT2D eigenvalue weighted by Crippen LogP contribution is -2.20. The van der Waals surface area contributed by atoms with Crippen molar-refractivity contribution in [3.05, 3.63) is 89.2 Å². The van der Waals surface area contributed by atoms with Crippen LogP contribution in [-0.4, -0.2) is 16.8 Å². The van der Waals surface area contributed by atoms with Gasteiger partial charge in [-0.15, -0.1) is 0 Å². The largest absolute Gasteiger partial charge is 0.322 e. The lowest BCUT2D eigenvalue weighted by atomic mass is 9.86. The number of nitriles is 1. The standard InChI is InChI=1S/C24H22N4O2/c1-24(2,3)18-9-5-7-11-20(18)28-22(29)16-12-13-26-21(14-16)23(30)27-19-10-6-4-8-17(19)15-25/h4-14H,1-3H3,(H,27,30)(H,28,29). The van der Waals surface area contributed by atoms with Crippen molar-refractivity contribution in [2.75, 3.05) is 10.6 Å². The zero-order valence-electron chi connectivity index (χ0n) is 17.1. The van der Waals surface area contributed by atoms with Crippen molar-refractivity contribution in [3.8, 4) is 6.07 Å². The number of anilines is 2. The van der Waals surface area contributed by atoms with E-state index in [1.165, 1.54) is 12.3 Å². The number of pyridine rings is 1. The molecule has 2 aromatic carbocycles. The normalized spacial score (nSPS) is 10.7. The monoisotopic (exact) mass is 398 g/mol. The highest BCUT2D eigenvalue weighted by Gasteiger charge is 2.19. The van der Waals surface area contributed by atoms with Gasteiger partial charge in [-0.3, -0.25) is 14.6 Å². The van der Waals surface area contributed by atoms with Crippen LogP contribution in [0.4, 0.5) is 11.4 Å². The van der Waals surface area contributed by atoms with Gasteiger partial charge in [-0.2, -0.15) is 5.26 Å². The topological polar surface area (TPSA) is 94.9 Å². The number of aromatic nitrogens is 1. The Labute approximate surface area is 175 Å². The molecule has 3 aromatic rings. The highest BCUT2D eigenvalue weighted by Crippen LogP contribution is 2.29. The van der Waals surface area contributed by atoms with Gasteiger partial charge < -0.3 is 10.6 Å². The molecule has 0 atom stereocenters. The molecule has 0 fully saturated rings. The Morgan fingerprint density at radius 3 is 2.23 bits per heavy atom. The van der Waals surface area contributed by atoms with Crippen LogP contribution in [0.2, 0.25) is 0 Å². The van der Waals surface area contributed by atoms with Crippen molar-refractivity contribution < 1.29 is 9.59 Å². The minimum absolute atomic E-state index is 0.0829. The van der Waals surface area contributed by atoms with Gasteiger partial charge in [0.15, 0.2) is 0 Å². The van der Waals surface area contributed by atoms with Crippen molar-refractivity contribution >= 4 is 23.2 Å². The van der Waals surface area contributed by atoms with Crippen LogP contribution in [0.15, 0.2) is 66.9 Å². The van der Waals surface area contributed by atoms with Gasteiger partial charge >= 0.3 is 0 Å². The second kappa shape index (κ2) is 8.58. The van der Waals surface area contributed by atoms with Gasteiger partial charge in [0.05, 0.1) is 11.3 Å². The quantitative estimate of drug-likeness (QED) is 0.663. The summed E-state index contributed by atoms with van der Waals surface area (Å²) < 4.78 is 0. The van der Waals surface area contributed by atoms with Crippen molar-refractivity contribution in [1.82, 2.24) is 4.98 Å². The molecule has 2 N–H and O–H groups in total. The van der Waals surface area contributed by atoms with Crippen LogP contribution in [0.3, 0.4) is 0 Å². The number of rotatable bonds is 4. The predicted molar refractivity (Wildman–Crippen MR) is 116 cm³/mol. The van der Waals surface area contributed by atoms with Crippen molar-refractivity contribution in [2.24, 2.45) is 0 Å². The molecule has 30 heavy (non-hydrogen) atoms. The highest BCUT2D eigenvalue weighted by molar-refractivity contribution is 6.08. The number of carbonyl (C=O) groups is 2.